The van der Waals surface area contributed by atoms with Gasteiger partial charge < -0.3 is 28.4 Å². The lowest BCUT2D eigenvalue weighted by Gasteiger charge is -2.11. The molecule has 0 atom stereocenters. The SMILES string of the molecule is C=C(C)C(=O)OCCCCCCOc1ccc(C=CC(=O)OCCCOc2ccc(C=CC(=O)OC)cc2OC)cc1. The number of ether oxygens (including phenoxy) is 6. The first kappa shape index (κ1) is 33.7. The zero-order valence-electron chi connectivity index (χ0n) is 24.6. The lowest BCUT2D eigenvalue weighted by atomic mass is 10.2. The van der Waals surface area contributed by atoms with Gasteiger partial charge >= 0.3 is 17.9 Å². The Bertz CT molecular complexity index is 1210. The van der Waals surface area contributed by atoms with Crippen molar-refractivity contribution in [3.63, 3.8) is 0 Å². The van der Waals surface area contributed by atoms with Crippen molar-refractivity contribution in [2.24, 2.45) is 0 Å². The smallest absolute Gasteiger partial charge is 0.333 e. The van der Waals surface area contributed by atoms with E-state index >= 15 is 0 Å². The largest absolute Gasteiger partial charge is 0.494 e. The Kier molecular flexibility index (Phi) is 15.7. The Hall–Kier alpha value is -4.53. The summed E-state index contributed by atoms with van der Waals surface area (Å²) in [5.74, 6) is 0.598. The van der Waals surface area contributed by atoms with Gasteiger partial charge in [-0.25, -0.2) is 14.4 Å². The van der Waals surface area contributed by atoms with E-state index < -0.39 is 11.9 Å². The maximum Gasteiger partial charge on any atom is 0.333 e. The van der Waals surface area contributed by atoms with Crippen molar-refractivity contribution in [1.29, 1.82) is 0 Å². The minimum atomic E-state index is -0.445. The first-order valence-corrected chi connectivity index (χ1v) is 13.8. The molecule has 0 unspecified atom stereocenters. The second kappa shape index (κ2) is 19.5. The fourth-order valence-corrected chi connectivity index (χ4v) is 3.48. The molecule has 0 aliphatic heterocycles. The van der Waals surface area contributed by atoms with Crippen molar-refractivity contribution < 1.29 is 42.8 Å². The number of rotatable bonds is 19. The van der Waals surface area contributed by atoms with Gasteiger partial charge in [0.25, 0.3) is 0 Å². The number of methoxy groups -OCH3 is 2. The molecule has 0 amide bonds. The summed E-state index contributed by atoms with van der Waals surface area (Å²) < 4.78 is 31.8. The molecule has 0 spiro atoms. The summed E-state index contributed by atoms with van der Waals surface area (Å²) in [4.78, 5) is 34.6. The highest BCUT2D eigenvalue weighted by Gasteiger charge is 2.06. The van der Waals surface area contributed by atoms with Crippen molar-refractivity contribution in [2.45, 2.75) is 39.0 Å². The lowest BCUT2D eigenvalue weighted by Crippen LogP contribution is -2.07. The van der Waals surface area contributed by atoms with Crippen molar-refractivity contribution >= 4 is 30.1 Å². The average Bonchev–Trinajstić information content (AvgIpc) is 3.00. The van der Waals surface area contributed by atoms with Crippen LogP contribution in [0.25, 0.3) is 12.2 Å². The third-order valence-electron chi connectivity index (χ3n) is 5.77. The summed E-state index contributed by atoms with van der Waals surface area (Å²) in [6, 6.07) is 12.7. The number of carbonyl (C=O) groups excluding carboxylic acids is 3. The van der Waals surface area contributed by atoms with Gasteiger partial charge in [-0.15, -0.1) is 0 Å². The lowest BCUT2D eigenvalue weighted by molar-refractivity contribution is -0.139. The van der Waals surface area contributed by atoms with Gasteiger partial charge in [-0.05, 0) is 80.2 Å². The molecule has 0 aliphatic rings. The predicted octanol–water partition coefficient (Wildman–Crippen LogP) is 5.97. The van der Waals surface area contributed by atoms with E-state index in [0.717, 1.165) is 42.6 Å². The van der Waals surface area contributed by atoms with Crippen molar-refractivity contribution in [3.8, 4) is 17.2 Å². The van der Waals surface area contributed by atoms with Crippen LogP contribution in [0.4, 0.5) is 0 Å². The molecule has 0 aromatic heterocycles. The second-order valence-corrected chi connectivity index (χ2v) is 9.22. The number of hydrogen-bond donors (Lipinski definition) is 0. The Morgan fingerprint density at radius 3 is 2.00 bits per heavy atom. The molecule has 9 heteroatoms. The fourth-order valence-electron chi connectivity index (χ4n) is 3.48. The van der Waals surface area contributed by atoms with Gasteiger partial charge in [0.15, 0.2) is 11.5 Å². The van der Waals surface area contributed by atoms with Crippen molar-refractivity contribution in [2.75, 3.05) is 40.6 Å². The van der Waals surface area contributed by atoms with Gasteiger partial charge in [0, 0.05) is 24.1 Å². The molecule has 9 nitrogen and oxygen atoms in total. The third-order valence-corrected chi connectivity index (χ3v) is 5.77. The minimum absolute atomic E-state index is 0.206. The Morgan fingerprint density at radius 1 is 0.690 bits per heavy atom. The molecule has 0 heterocycles. The van der Waals surface area contributed by atoms with Crippen LogP contribution in [0.3, 0.4) is 0 Å². The van der Waals surface area contributed by atoms with Crippen LogP contribution in [0.2, 0.25) is 0 Å². The van der Waals surface area contributed by atoms with E-state index in [9.17, 15) is 14.4 Å². The van der Waals surface area contributed by atoms with E-state index in [1.807, 2.05) is 24.3 Å². The summed E-state index contributed by atoms with van der Waals surface area (Å²) in [6.07, 6.45) is 10.2. The maximum atomic E-state index is 12.1. The molecule has 0 bridgehead atoms. The van der Waals surface area contributed by atoms with Gasteiger partial charge in [0.1, 0.15) is 5.75 Å². The van der Waals surface area contributed by atoms with Crippen LogP contribution in [0, 0.1) is 0 Å². The zero-order chi connectivity index (χ0) is 30.6. The topological polar surface area (TPSA) is 107 Å². The van der Waals surface area contributed by atoms with Gasteiger partial charge in [-0.3, -0.25) is 0 Å². The normalized spacial score (nSPS) is 10.8. The van der Waals surface area contributed by atoms with Crippen LogP contribution in [0.1, 0.15) is 50.2 Å². The van der Waals surface area contributed by atoms with E-state index in [1.165, 1.54) is 26.4 Å². The van der Waals surface area contributed by atoms with Crippen molar-refractivity contribution in [1.82, 2.24) is 0 Å². The van der Waals surface area contributed by atoms with E-state index in [2.05, 4.69) is 11.3 Å². The first-order chi connectivity index (χ1) is 20.3. The summed E-state index contributed by atoms with van der Waals surface area (Å²) in [7, 11) is 2.85. The van der Waals surface area contributed by atoms with Gasteiger partial charge in [-0.2, -0.15) is 0 Å². The summed E-state index contributed by atoms with van der Waals surface area (Å²) in [5.41, 5.74) is 2.03. The van der Waals surface area contributed by atoms with Crippen molar-refractivity contribution in [3.05, 3.63) is 77.9 Å². The third kappa shape index (κ3) is 13.7. The first-order valence-electron chi connectivity index (χ1n) is 13.8. The predicted molar refractivity (Wildman–Crippen MR) is 160 cm³/mol. The van der Waals surface area contributed by atoms with E-state index in [4.69, 9.17) is 23.7 Å². The minimum Gasteiger partial charge on any atom is -0.494 e. The molecule has 2 rings (SSSR count). The van der Waals surface area contributed by atoms with Gasteiger partial charge in [0.05, 0.1) is 40.6 Å². The molecule has 0 fully saturated rings. The van der Waals surface area contributed by atoms with Crippen LogP contribution in [-0.4, -0.2) is 58.6 Å². The van der Waals surface area contributed by atoms with E-state index in [0.29, 0.717) is 43.3 Å². The second-order valence-electron chi connectivity index (χ2n) is 9.22. The van der Waals surface area contributed by atoms with Crippen LogP contribution in [-0.2, 0) is 28.6 Å². The number of unbranched alkanes of at least 4 members (excludes halogenated alkanes) is 3. The molecule has 0 saturated carbocycles. The molecule has 2 aromatic carbocycles. The summed E-state index contributed by atoms with van der Waals surface area (Å²) >= 11 is 0. The van der Waals surface area contributed by atoms with E-state index in [1.54, 1.807) is 37.3 Å². The highest BCUT2D eigenvalue weighted by molar-refractivity contribution is 5.88. The van der Waals surface area contributed by atoms with Gasteiger partial charge in [0.2, 0.25) is 0 Å². The molecule has 0 radical (unpaired) electrons. The molecule has 0 saturated heterocycles. The number of carbonyl (C=O) groups is 3. The zero-order valence-corrected chi connectivity index (χ0v) is 24.6. The van der Waals surface area contributed by atoms with Crippen LogP contribution in [0.15, 0.2) is 66.8 Å². The molecule has 0 aliphatic carbocycles. The molecule has 0 N–H and O–H groups in total. The van der Waals surface area contributed by atoms with Crippen LogP contribution in [0.5, 0.6) is 17.2 Å². The molecule has 42 heavy (non-hydrogen) atoms. The Balaban J connectivity index is 1.60. The molecule has 2 aromatic rings. The standard InChI is InChI=1S/C33H40O9/c1-25(2)33(36)42-21-8-6-5-7-20-39-28-15-10-26(11-16-28)13-19-32(35)41-23-9-22-40-29-17-12-27(24-30(29)37-3)14-18-31(34)38-4/h10-19,24H,1,5-9,20-23H2,2-4H3. The highest BCUT2D eigenvalue weighted by atomic mass is 16.5. The van der Waals surface area contributed by atoms with Crippen LogP contribution >= 0.6 is 0 Å². The number of hydrogen-bond acceptors (Lipinski definition) is 9. The Labute approximate surface area is 247 Å². The quantitative estimate of drug-likeness (QED) is 0.0860. The highest BCUT2D eigenvalue weighted by Crippen LogP contribution is 2.28. The van der Waals surface area contributed by atoms with Crippen LogP contribution < -0.4 is 14.2 Å². The maximum absolute atomic E-state index is 12.1. The van der Waals surface area contributed by atoms with E-state index in [-0.39, 0.29) is 12.6 Å². The monoisotopic (exact) mass is 580 g/mol. The van der Waals surface area contributed by atoms with Gasteiger partial charge in [-0.1, -0.05) is 24.8 Å². The fraction of sp³-hybridized carbons (Fsp3) is 0.364. The summed E-state index contributed by atoms with van der Waals surface area (Å²) in [5, 5.41) is 0. The number of benzene rings is 2. The molecular formula is C33H40O9. The number of esters is 3. The Morgan fingerprint density at radius 2 is 1.31 bits per heavy atom. The molecule has 226 valence electrons. The molecular weight excluding hydrogens is 540 g/mol. The summed E-state index contributed by atoms with van der Waals surface area (Å²) in [6.45, 7) is 6.74. The average molecular weight is 581 g/mol.